The minimum atomic E-state index is -3.66. The van der Waals surface area contributed by atoms with Gasteiger partial charge < -0.3 is 5.11 Å². The van der Waals surface area contributed by atoms with E-state index in [4.69, 9.17) is 5.11 Å². The first kappa shape index (κ1) is 12.4. The van der Waals surface area contributed by atoms with Gasteiger partial charge in [-0.1, -0.05) is 13.8 Å². The van der Waals surface area contributed by atoms with Crippen molar-refractivity contribution in [3.05, 3.63) is 0 Å². The summed E-state index contributed by atoms with van der Waals surface area (Å²) < 4.78 is 25.1. The molecule has 0 aromatic rings. The Morgan fingerprint density at radius 3 is 2.53 bits per heavy atom. The molecule has 0 radical (unpaired) electrons. The van der Waals surface area contributed by atoms with Gasteiger partial charge in [0.1, 0.15) is 0 Å². The minimum absolute atomic E-state index is 0.107. The summed E-state index contributed by atoms with van der Waals surface area (Å²) >= 11 is 0. The second kappa shape index (κ2) is 4.09. The van der Waals surface area contributed by atoms with Gasteiger partial charge in [-0.2, -0.15) is 0 Å². The summed E-state index contributed by atoms with van der Waals surface area (Å²) in [5.74, 6) is -2.16. The van der Waals surface area contributed by atoms with Crippen molar-refractivity contribution >= 4 is 16.0 Å². The molecule has 2 N–H and O–H groups in total. The highest BCUT2D eigenvalue weighted by Crippen LogP contribution is 2.37. The first-order chi connectivity index (χ1) is 6.70. The van der Waals surface area contributed by atoms with E-state index in [-0.39, 0.29) is 11.5 Å². The van der Waals surface area contributed by atoms with Gasteiger partial charge in [-0.15, -0.1) is 0 Å². The number of carboxylic acids is 1. The molecule has 0 aromatic carbocycles. The van der Waals surface area contributed by atoms with Crippen LogP contribution in [0, 0.1) is 5.41 Å². The second-order valence-corrected chi connectivity index (χ2v) is 6.63. The van der Waals surface area contributed by atoms with E-state index in [1.165, 1.54) is 0 Å². The second-order valence-electron chi connectivity index (χ2n) is 4.87. The Morgan fingerprint density at radius 1 is 1.53 bits per heavy atom. The summed E-state index contributed by atoms with van der Waals surface area (Å²) in [5, 5.41) is 8.41. The maximum absolute atomic E-state index is 11.3. The van der Waals surface area contributed by atoms with Crippen LogP contribution in [-0.2, 0) is 14.8 Å². The maximum atomic E-state index is 11.3. The molecule has 0 aromatic heterocycles. The van der Waals surface area contributed by atoms with Crippen LogP contribution < -0.4 is 4.72 Å². The van der Waals surface area contributed by atoms with Crippen LogP contribution in [0.4, 0.5) is 0 Å². The van der Waals surface area contributed by atoms with E-state index < -0.39 is 21.7 Å². The minimum Gasteiger partial charge on any atom is -0.480 e. The lowest BCUT2D eigenvalue weighted by molar-refractivity contribution is -0.134. The van der Waals surface area contributed by atoms with Crippen molar-refractivity contribution in [2.45, 2.75) is 39.2 Å². The Balaban J connectivity index is 2.53. The third-order valence-corrected chi connectivity index (χ3v) is 3.95. The summed E-state index contributed by atoms with van der Waals surface area (Å²) in [6.07, 6.45) is 2.52. The smallest absolute Gasteiger partial charge is 0.320 e. The molecule has 1 fully saturated rings. The van der Waals surface area contributed by atoms with Gasteiger partial charge in [0, 0.05) is 6.04 Å². The molecular formula is C9H17NO4S. The van der Waals surface area contributed by atoms with E-state index in [1.54, 1.807) is 0 Å². The van der Waals surface area contributed by atoms with Crippen LogP contribution in [0.15, 0.2) is 0 Å². The van der Waals surface area contributed by atoms with Crippen molar-refractivity contribution in [1.82, 2.24) is 4.72 Å². The number of hydrogen-bond acceptors (Lipinski definition) is 3. The molecule has 0 spiro atoms. The number of hydrogen-bond donors (Lipinski definition) is 2. The fourth-order valence-corrected chi connectivity index (χ4v) is 3.11. The normalized spacial score (nSPS) is 25.3. The number of nitrogens with one attached hydrogen (secondary N) is 1. The lowest BCUT2D eigenvalue weighted by Crippen LogP contribution is -2.37. The average molecular weight is 235 g/mol. The monoisotopic (exact) mass is 235 g/mol. The van der Waals surface area contributed by atoms with Gasteiger partial charge in [-0.25, -0.2) is 13.1 Å². The molecule has 0 amide bonds. The largest absolute Gasteiger partial charge is 0.480 e. The van der Waals surface area contributed by atoms with Crippen molar-refractivity contribution in [3.8, 4) is 0 Å². The SMILES string of the molecule is CC1(C)CCC(NS(=O)(=O)CC(=O)O)C1. The van der Waals surface area contributed by atoms with Crippen molar-refractivity contribution in [3.63, 3.8) is 0 Å². The summed E-state index contributed by atoms with van der Waals surface area (Å²) in [6.45, 7) is 4.16. The van der Waals surface area contributed by atoms with Crippen molar-refractivity contribution < 1.29 is 18.3 Å². The first-order valence-corrected chi connectivity index (χ1v) is 6.57. The lowest BCUT2D eigenvalue weighted by atomic mass is 9.92. The molecule has 1 rings (SSSR count). The molecule has 88 valence electrons. The molecule has 1 saturated carbocycles. The third-order valence-electron chi connectivity index (χ3n) is 2.63. The Kier molecular flexibility index (Phi) is 3.40. The zero-order valence-electron chi connectivity index (χ0n) is 8.99. The summed E-state index contributed by atoms with van der Waals surface area (Å²) in [6, 6.07) is -0.107. The predicted molar refractivity (Wildman–Crippen MR) is 56.0 cm³/mol. The van der Waals surface area contributed by atoms with Gasteiger partial charge in [0.2, 0.25) is 10.0 Å². The number of sulfonamides is 1. The molecule has 0 heterocycles. The highest BCUT2D eigenvalue weighted by Gasteiger charge is 2.33. The fourth-order valence-electron chi connectivity index (χ4n) is 1.99. The number of carbonyl (C=O) groups is 1. The molecule has 15 heavy (non-hydrogen) atoms. The van der Waals surface area contributed by atoms with Crippen molar-refractivity contribution in [2.75, 3.05) is 5.75 Å². The molecule has 1 unspecified atom stereocenters. The number of rotatable bonds is 4. The van der Waals surface area contributed by atoms with E-state index in [0.29, 0.717) is 0 Å². The Hall–Kier alpha value is -0.620. The van der Waals surface area contributed by atoms with E-state index in [1.807, 2.05) is 0 Å². The highest BCUT2D eigenvalue weighted by molar-refractivity contribution is 7.90. The summed E-state index contributed by atoms with van der Waals surface area (Å²) in [7, 11) is -3.66. The molecule has 1 atom stereocenters. The zero-order chi connectivity index (χ0) is 11.7. The molecule has 0 saturated heterocycles. The molecule has 1 aliphatic rings. The lowest BCUT2D eigenvalue weighted by Gasteiger charge is -2.17. The molecule has 5 nitrogen and oxygen atoms in total. The van der Waals surface area contributed by atoms with Gasteiger partial charge in [0.15, 0.2) is 5.75 Å². The predicted octanol–water partition coefficient (Wildman–Crippen LogP) is 0.569. The van der Waals surface area contributed by atoms with Crippen LogP contribution in [0.5, 0.6) is 0 Å². The average Bonchev–Trinajstić information content (AvgIpc) is 2.25. The summed E-state index contributed by atoms with van der Waals surface area (Å²) in [5.41, 5.74) is 0.149. The molecular weight excluding hydrogens is 218 g/mol. The van der Waals surface area contributed by atoms with Gasteiger partial charge in [0.05, 0.1) is 0 Å². The zero-order valence-corrected chi connectivity index (χ0v) is 9.80. The van der Waals surface area contributed by atoms with Gasteiger partial charge in [-0.05, 0) is 24.7 Å². The Morgan fingerprint density at radius 2 is 2.13 bits per heavy atom. The van der Waals surface area contributed by atoms with Gasteiger partial charge in [0.25, 0.3) is 0 Å². The van der Waals surface area contributed by atoms with E-state index in [0.717, 1.165) is 19.3 Å². The molecule has 6 heteroatoms. The van der Waals surface area contributed by atoms with Crippen LogP contribution in [0.25, 0.3) is 0 Å². The van der Waals surface area contributed by atoms with Gasteiger partial charge in [-0.3, -0.25) is 4.79 Å². The fraction of sp³-hybridized carbons (Fsp3) is 0.889. The molecule has 0 aliphatic heterocycles. The van der Waals surface area contributed by atoms with Crippen LogP contribution in [-0.4, -0.2) is 31.3 Å². The van der Waals surface area contributed by atoms with Crippen LogP contribution in [0.1, 0.15) is 33.1 Å². The maximum Gasteiger partial charge on any atom is 0.320 e. The topological polar surface area (TPSA) is 83.5 Å². The highest BCUT2D eigenvalue weighted by atomic mass is 32.2. The number of carboxylic acid groups (broad SMARTS) is 1. The van der Waals surface area contributed by atoms with Gasteiger partial charge >= 0.3 is 5.97 Å². The Labute approximate surface area is 89.9 Å². The van der Waals surface area contributed by atoms with Crippen molar-refractivity contribution in [2.24, 2.45) is 5.41 Å². The number of aliphatic carboxylic acids is 1. The molecule has 0 bridgehead atoms. The Bertz CT molecular complexity index is 347. The molecule has 1 aliphatic carbocycles. The summed E-state index contributed by atoms with van der Waals surface area (Å²) in [4.78, 5) is 10.3. The van der Waals surface area contributed by atoms with E-state index in [9.17, 15) is 13.2 Å². The first-order valence-electron chi connectivity index (χ1n) is 4.92. The van der Waals surface area contributed by atoms with Crippen molar-refractivity contribution in [1.29, 1.82) is 0 Å². The third kappa shape index (κ3) is 4.17. The van der Waals surface area contributed by atoms with E-state index >= 15 is 0 Å². The van der Waals surface area contributed by atoms with E-state index in [2.05, 4.69) is 18.6 Å². The van der Waals surface area contributed by atoms with Crippen LogP contribution in [0.3, 0.4) is 0 Å². The standard InChI is InChI=1S/C9H17NO4S/c1-9(2)4-3-7(5-9)10-15(13,14)6-8(11)12/h7,10H,3-6H2,1-2H3,(H,11,12). The van der Waals surface area contributed by atoms with Crippen LogP contribution >= 0.6 is 0 Å². The van der Waals surface area contributed by atoms with Crippen LogP contribution in [0.2, 0.25) is 0 Å². The quantitative estimate of drug-likeness (QED) is 0.746.